The number of Topliss-reactive ketones (excluding diaryl/α,β-unsaturated/α-hetero) is 1. The van der Waals surface area contributed by atoms with Crippen molar-refractivity contribution in [3.05, 3.63) is 82.2 Å². The first-order valence-electron chi connectivity index (χ1n) is 16.7. The van der Waals surface area contributed by atoms with Crippen LogP contribution in [0.2, 0.25) is 0 Å². The molecule has 4 heterocycles. The third kappa shape index (κ3) is 7.72. The number of ketones is 1. The molecular formula is C38H43N4O6+. The fraction of sp³-hybridized carbons (Fsp3) is 0.421. The van der Waals surface area contributed by atoms with Crippen LogP contribution in [0.4, 0.5) is 0 Å². The van der Waals surface area contributed by atoms with Crippen molar-refractivity contribution in [2.24, 2.45) is 22.4 Å². The number of fused-ring (bicyclic) bond motifs is 5. The maximum absolute atomic E-state index is 12.7. The highest BCUT2D eigenvalue weighted by atomic mass is 16.5. The number of quaternary nitrogens is 1. The Balaban J connectivity index is 1.26. The van der Waals surface area contributed by atoms with Gasteiger partial charge in [-0.1, -0.05) is 55.4 Å². The lowest BCUT2D eigenvalue weighted by Gasteiger charge is -2.27. The minimum absolute atomic E-state index is 0.00863. The number of rotatable bonds is 10. The number of ether oxygens (including phenoxy) is 2. The molecule has 10 nitrogen and oxygen atoms in total. The molecule has 48 heavy (non-hydrogen) atoms. The van der Waals surface area contributed by atoms with Crippen molar-refractivity contribution in [1.82, 2.24) is 0 Å². The van der Waals surface area contributed by atoms with Crippen LogP contribution in [0.15, 0.2) is 64.9 Å². The van der Waals surface area contributed by atoms with Crippen molar-refractivity contribution in [1.29, 1.82) is 0 Å². The second kappa shape index (κ2) is 14.9. The van der Waals surface area contributed by atoms with E-state index in [2.05, 4.69) is 30.1 Å². The monoisotopic (exact) mass is 651 g/mol. The first kappa shape index (κ1) is 33.6. The number of carbonyl (C=O) groups excluding carboxylic acids is 1. The Bertz CT molecular complexity index is 1770. The van der Waals surface area contributed by atoms with E-state index in [1.807, 2.05) is 43.5 Å². The summed E-state index contributed by atoms with van der Waals surface area (Å²) in [5.74, 6) is 9.95. The molecule has 2 bridgehead atoms. The maximum Gasteiger partial charge on any atom is 0.251 e. The Morgan fingerprint density at radius 3 is 2.79 bits per heavy atom. The predicted octanol–water partition coefficient (Wildman–Crippen LogP) is 1.88. The first-order chi connectivity index (χ1) is 23.2. The van der Waals surface area contributed by atoms with E-state index < -0.39 is 36.6 Å². The Hall–Kier alpha value is -4.26. The van der Waals surface area contributed by atoms with Gasteiger partial charge in [0.25, 0.3) is 6.23 Å². The summed E-state index contributed by atoms with van der Waals surface area (Å²) in [6.07, 6.45) is 6.37. The van der Waals surface area contributed by atoms with E-state index in [4.69, 9.17) is 25.9 Å². The molecule has 0 spiro atoms. The fourth-order valence-corrected chi connectivity index (χ4v) is 6.68. The Kier molecular flexibility index (Phi) is 10.4. The van der Waals surface area contributed by atoms with Gasteiger partial charge in [0.1, 0.15) is 42.4 Å². The lowest BCUT2D eigenvalue weighted by molar-refractivity contribution is -0.886. The average Bonchev–Trinajstić information content (AvgIpc) is 3.65. The molecule has 0 radical (unpaired) electrons. The molecule has 250 valence electrons. The van der Waals surface area contributed by atoms with Crippen LogP contribution in [0.1, 0.15) is 80.0 Å². The van der Waals surface area contributed by atoms with E-state index in [0.717, 1.165) is 44.9 Å². The number of nitrogens with zero attached hydrogens (tertiary/aromatic N) is 1. The van der Waals surface area contributed by atoms with Crippen LogP contribution in [0.5, 0.6) is 11.5 Å². The quantitative estimate of drug-likeness (QED) is 0.168. The van der Waals surface area contributed by atoms with Crippen LogP contribution >= 0.6 is 0 Å². The van der Waals surface area contributed by atoms with Gasteiger partial charge < -0.3 is 36.3 Å². The van der Waals surface area contributed by atoms with Gasteiger partial charge in [0.15, 0.2) is 11.5 Å². The van der Waals surface area contributed by atoms with Gasteiger partial charge in [0.05, 0.1) is 23.9 Å². The van der Waals surface area contributed by atoms with E-state index >= 15 is 0 Å². The zero-order valence-electron chi connectivity index (χ0n) is 27.1. The minimum Gasteiger partial charge on any atom is -0.437 e. The molecule has 6 rings (SSSR count). The number of aryl methyl sites for hydroxylation is 1. The molecule has 4 aliphatic rings. The van der Waals surface area contributed by atoms with Crippen LogP contribution in [0, 0.1) is 29.8 Å². The van der Waals surface area contributed by atoms with Crippen LogP contribution in [-0.4, -0.2) is 51.8 Å². The molecule has 2 aromatic rings. The number of aliphatic hydroxyl groups is 3. The first-order valence-corrected chi connectivity index (χ1v) is 16.7. The molecular weight excluding hydrogens is 608 g/mol. The third-order valence-electron chi connectivity index (χ3n) is 9.24. The van der Waals surface area contributed by atoms with E-state index in [0.29, 0.717) is 49.3 Å². The summed E-state index contributed by atoms with van der Waals surface area (Å²) < 4.78 is 12.6. The van der Waals surface area contributed by atoms with Crippen LogP contribution < -0.4 is 25.8 Å². The Morgan fingerprint density at radius 1 is 1.12 bits per heavy atom. The second-order valence-electron chi connectivity index (χ2n) is 13.0. The number of benzene rings is 2. The van der Waals surface area contributed by atoms with Gasteiger partial charge in [-0.3, -0.25) is 14.7 Å². The summed E-state index contributed by atoms with van der Waals surface area (Å²) >= 11 is 0. The van der Waals surface area contributed by atoms with Gasteiger partial charge in [0, 0.05) is 31.9 Å². The highest BCUT2D eigenvalue weighted by molar-refractivity contribution is 6.08. The molecule has 0 saturated carbocycles. The molecule has 0 amide bonds. The third-order valence-corrected chi connectivity index (χ3v) is 9.24. The van der Waals surface area contributed by atoms with Gasteiger partial charge in [0.2, 0.25) is 0 Å². The molecule has 2 aromatic carbocycles. The predicted molar refractivity (Wildman–Crippen MR) is 180 cm³/mol. The normalized spacial score (nSPS) is 23.4. The summed E-state index contributed by atoms with van der Waals surface area (Å²) in [7, 11) is 0. The number of nitrogens with two attached hydrogens (primary N) is 2. The van der Waals surface area contributed by atoms with Crippen molar-refractivity contribution in [2.45, 2.75) is 89.0 Å². The van der Waals surface area contributed by atoms with Gasteiger partial charge in [-0.25, -0.2) is 0 Å². The summed E-state index contributed by atoms with van der Waals surface area (Å²) in [5.41, 5.74) is 18.2. The van der Waals surface area contributed by atoms with Gasteiger partial charge >= 0.3 is 0 Å². The molecule has 0 aliphatic carbocycles. The molecule has 0 aromatic heterocycles. The topological polar surface area (TPSA) is 165 Å². The number of hydrogen-bond donors (Lipinski definition) is 6. The van der Waals surface area contributed by atoms with E-state index in [-0.39, 0.29) is 25.0 Å². The highest BCUT2D eigenvalue weighted by Gasteiger charge is 2.40. The van der Waals surface area contributed by atoms with Gasteiger partial charge in [-0.15, -0.1) is 0 Å². The van der Waals surface area contributed by atoms with Crippen LogP contribution in [0.25, 0.3) is 0 Å². The zero-order chi connectivity index (χ0) is 33.8. The standard InChI is InChI=1S/C38H42N4O6/c1-2-4-28(43)18-30(45)19-29(44)10-6-23-7-13-35-36(15-23)48-38-24(5-3-14-47-35)9-12-34(46)31-11-8-25(37(39)40)16-26(31)17-27-20-41-33-22-42(38)21-32(27)33/h7-8,11,13,15-16,20-21,24,28,30,34,37-38,43,45-46H,2,4-6,10,17-19,22,39-40H2,1H3/p+1/t24-,28-,30+,34+,38-/m0/s1. The van der Waals surface area contributed by atoms with Crippen LogP contribution in [0.3, 0.4) is 0 Å². The number of nitrogens with one attached hydrogen (secondary N) is 1. The van der Waals surface area contributed by atoms with Crippen molar-refractivity contribution in [2.75, 3.05) is 6.54 Å². The molecule has 0 saturated heterocycles. The number of hydrogen-bond acceptors (Lipinski definition) is 9. The Morgan fingerprint density at radius 2 is 1.98 bits per heavy atom. The molecule has 8 N–H and O–H groups in total. The zero-order valence-corrected chi connectivity index (χ0v) is 27.1. The smallest absolute Gasteiger partial charge is 0.251 e. The van der Waals surface area contributed by atoms with E-state index in [9.17, 15) is 20.1 Å². The van der Waals surface area contributed by atoms with Gasteiger partial charge in [-0.05, 0) is 59.2 Å². The lowest BCUT2D eigenvalue weighted by Crippen LogP contribution is -3.13. The largest absolute Gasteiger partial charge is 0.437 e. The van der Waals surface area contributed by atoms with Crippen molar-refractivity contribution in [3.63, 3.8) is 0 Å². The molecule has 6 atom stereocenters. The SMILES string of the molecule is CCC[C@H](O)C[C@@H](O)CC(=O)CCc1ccc2c(c1)O[C@H]1[C@H](C#C[C@@H](O)c3ccc(C(N)N)cc3CC3=CN=C4C[NH+]1C=C34)CC#CO2. The highest BCUT2D eigenvalue weighted by Crippen LogP contribution is 2.33. The minimum atomic E-state index is -1.05. The fourth-order valence-electron chi connectivity index (χ4n) is 6.68. The average molecular weight is 652 g/mol. The summed E-state index contributed by atoms with van der Waals surface area (Å²) in [6, 6.07) is 11.1. The maximum atomic E-state index is 12.7. The lowest BCUT2D eigenvalue weighted by atomic mass is 9.91. The number of carbonyl (C=O) groups is 1. The number of allylic oxidation sites excluding steroid dienone is 1. The van der Waals surface area contributed by atoms with Crippen molar-refractivity contribution in [3.8, 4) is 35.4 Å². The van der Waals surface area contributed by atoms with Crippen molar-refractivity contribution < 1.29 is 34.5 Å². The molecule has 4 aliphatic heterocycles. The van der Waals surface area contributed by atoms with Gasteiger partial charge in [-0.2, -0.15) is 0 Å². The Labute approximate surface area is 281 Å². The van der Waals surface area contributed by atoms with E-state index in [1.54, 1.807) is 6.07 Å². The summed E-state index contributed by atoms with van der Waals surface area (Å²) in [4.78, 5) is 18.4. The molecule has 1 unspecified atom stereocenters. The number of aliphatic hydroxyl groups excluding tert-OH is 3. The second-order valence-corrected chi connectivity index (χ2v) is 13.0. The summed E-state index contributed by atoms with van der Waals surface area (Å²) in [6.45, 7) is 2.56. The van der Waals surface area contributed by atoms with E-state index in [1.165, 1.54) is 0 Å². The number of aliphatic imine (C=N–C) groups is 1. The molecule has 10 heteroatoms. The molecule has 0 fully saturated rings. The van der Waals surface area contributed by atoms with Crippen LogP contribution in [-0.2, 0) is 17.6 Å². The summed E-state index contributed by atoms with van der Waals surface area (Å²) in [5, 5.41) is 31.6. The van der Waals surface area contributed by atoms with Crippen molar-refractivity contribution >= 4 is 11.5 Å².